The predicted octanol–water partition coefficient (Wildman–Crippen LogP) is 0.757. The molecule has 1 amide bonds. The molecule has 0 aromatic carbocycles. The van der Waals surface area contributed by atoms with Crippen LogP contribution in [0.1, 0.15) is 38.4 Å². The summed E-state index contributed by atoms with van der Waals surface area (Å²) in [5.74, 6) is -0.0945. The van der Waals surface area contributed by atoms with Crippen LogP contribution in [0.4, 0.5) is 0 Å². The summed E-state index contributed by atoms with van der Waals surface area (Å²) in [6, 6.07) is 0. The number of aliphatic hydroxyl groups is 1. The molecule has 1 atom stereocenters. The van der Waals surface area contributed by atoms with Gasteiger partial charge in [0.2, 0.25) is 5.91 Å². The van der Waals surface area contributed by atoms with Crippen molar-refractivity contribution in [3.63, 3.8) is 0 Å². The number of carbonyl (C=O) groups excluding carboxylic acids is 1. The van der Waals surface area contributed by atoms with Gasteiger partial charge in [-0.15, -0.1) is 12.4 Å². The Labute approximate surface area is 126 Å². The maximum atomic E-state index is 12.2. The Hall–Kier alpha value is -1.11. The van der Waals surface area contributed by atoms with Crippen molar-refractivity contribution in [1.82, 2.24) is 15.1 Å². The fourth-order valence-electron chi connectivity index (χ4n) is 2.06. The molecule has 4 N–H and O–H groups in total. The first-order chi connectivity index (χ1) is 8.99. The van der Waals surface area contributed by atoms with Crippen molar-refractivity contribution in [2.45, 2.75) is 32.8 Å². The average molecular weight is 305 g/mol. The van der Waals surface area contributed by atoms with Gasteiger partial charge in [0.1, 0.15) is 0 Å². The Morgan fingerprint density at radius 3 is 2.55 bits per heavy atom. The SMILES string of the molecule is CCC(CC)(CN)C(=O)NCC(O)c1cnn(C)c1.Cl. The van der Waals surface area contributed by atoms with Crippen LogP contribution in [0, 0.1) is 5.41 Å². The number of carbonyl (C=O) groups is 1. The minimum absolute atomic E-state index is 0. The van der Waals surface area contributed by atoms with Crippen LogP contribution < -0.4 is 11.1 Å². The van der Waals surface area contributed by atoms with Crippen LogP contribution in [0.15, 0.2) is 12.4 Å². The van der Waals surface area contributed by atoms with Crippen molar-refractivity contribution in [2.24, 2.45) is 18.2 Å². The fourth-order valence-corrected chi connectivity index (χ4v) is 2.06. The van der Waals surface area contributed by atoms with Crippen LogP contribution in [-0.4, -0.2) is 33.9 Å². The molecule has 1 heterocycles. The van der Waals surface area contributed by atoms with Gasteiger partial charge in [-0.3, -0.25) is 9.48 Å². The molecule has 1 aromatic rings. The normalized spacial score (nSPS) is 12.7. The summed E-state index contributed by atoms with van der Waals surface area (Å²) in [4.78, 5) is 12.2. The molecule has 0 saturated heterocycles. The topological polar surface area (TPSA) is 93.2 Å². The van der Waals surface area contributed by atoms with Gasteiger partial charge < -0.3 is 16.2 Å². The number of nitrogens with one attached hydrogen (secondary N) is 1. The van der Waals surface area contributed by atoms with E-state index in [-0.39, 0.29) is 24.9 Å². The molecule has 116 valence electrons. The molecule has 0 saturated carbocycles. The van der Waals surface area contributed by atoms with Gasteiger partial charge in [0.15, 0.2) is 0 Å². The van der Waals surface area contributed by atoms with Crippen LogP contribution in [0.3, 0.4) is 0 Å². The Bertz CT molecular complexity index is 410. The third kappa shape index (κ3) is 4.19. The first kappa shape index (κ1) is 18.9. The van der Waals surface area contributed by atoms with E-state index in [0.29, 0.717) is 24.9 Å². The van der Waals surface area contributed by atoms with Gasteiger partial charge in [-0.1, -0.05) is 13.8 Å². The lowest BCUT2D eigenvalue weighted by Gasteiger charge is -2.29. The van der Waals surface area contributed by atoms with Crippen LogP contribution in [0.2, 0.25) is 0 Å². The molecule has 1 rings (SSSR count). The molecule has 1 unspecified atom stereocenters. The summed E-state index contributed by atoms with van der Waals surface area (Å²) in [5, 5.41) is 16.7. The summed E-state index contributed by atoms with van der Waals surface area (Å²) in [6.07, 6.45) is 3.95. The molecule has 6 nitrogen and oxygen atoms in total. The molecule has 1 aromatic heterocycles. The number of nitrogens with zero attached hydrogens (tertiary/aromatic N) is 2. The maximum absolute atomic E-state index is 12.2. The highest BCUT2D eigenvalue weighted by molar-refractivity contribution is 5.85. The summed E-state index contributed by atoms with van der Waals surface area (Å²) < 4.78 is 1.61. The molecular formula is C13H25ClN4O2. The molecule has 20 heavy (non-hydrogen) atoms. The Kier molecular flexibility index (Phi) is 7.78. The van der Waals surface area contributed by atoms with Gasteiger partial charge in [0, 0.05) is 31.9 Å². The van der Waals surface area contributed by atoms with E-state index in [4.69, 9.17) is 5.73 Å². The highest BCUT2D eigenvalue weighted by Crippen LogP contribution is 2.25. The number of hydrogen-bond donors (Lipinski definition) is 3. The minimum Gasteiger partial charge on any atom is -0.386 e. The van der Waals surface area contributed by atoms with Crippen molar-refractivity contribution >= 4 is 18.3 Å². The zero-order valence-corrected chi connectivity index (χ0v) is 13.1. The number of hydrogen-bond acceptors (Lipinski definition) is 4. The third-order valence-corrected chi connectivity index (χ3v) is 3.79. The number of halogens is 1. The van der Waals surface area contributed by atoms with E-state index >= 15 is 0 Å². The standard InChI is InChI=1S/C13H24N4O2.ClH/c1-4-13(5-2,9-14)12(19)15-7-11(18)10-6-16-17(3)8-10;/h6,8,11,18H,4-5,7,9,14H2,1-3H3,(H,15,19);1H. The first-order valence-corrected chi connectivity index (χ1v) is 6.64. The Balaban J connectivity index is 0.00000361. The zero-order chi connectivity index (χ0) is 14.5. The number of aliphatic hydroxyl groups excluding tert-OH is 1. The lowest BCUT2D eigenvalue weighted by Crippen LogP contribution is -2.46. The fraction of sp³-hybridized carbons (Fsp3) is 0.692. The lowest BCUT2D eigenvalue weighted by atomic mass is 9.81. The van der Waals surface area contributed by atoms with Gasteiger partial charge in [-0.25, -0.2) is 0 Å². The van der Waals surface area contributed by atoms with E-state index in [2.05, 4.69) is 10.4 Å². The van der Waals surface area contributed by atoms with Gasteiger partial charge >= 0.3 is 0 Å². The largest absolute Gasteiger partial charge is 0.386 e. The van der Waals surface area contributed by atoms with Crippen molar-refractivity contribution in [3.05, 3.63) is 18.0 Å². The number of aromatic nitrogens is 2. The minimum atomic E-state index is -0.748. The highest BCUT2D eigenvalue weighted by atomic mass is 35.5. The summed E-state index contributed by atoms with van der Waals surface area (Å²) >= 11 is 0. The molecule has 0 aliphatic rings. The van der Waals surface area contributed by atoms with Crippen LogP contribution in [0.5, 0.6) is 0 Å². The molecule has 7 heteroatoms. The quantitative estimate of drug-likeness (QED) is 0.693. The van der Waals surface area contributed by atoms with E-state index < -0.39 is 11.5 Å². The second-order valence-corrected chi connectivity index (χ2v) is 4.86. The summed E-state index contributed by atoms with van der Waals surface area (Å²) in [7, 11) is 1.78. The smallest absolute Gasteiger partial charge is 0.227 e. The average Bonchev–Trinajstić information content (AvgIpc) is 2.85. The second-order valence-electron chi connectivity index (χ2n) is 4.86. The van der Waals surface area contributed by atoms with Gasteiger partial charge in [-0.2, -0.15) is 5.10 Å². The van der Waals surface area contributed by atoms with E-state index in [9.17, 15) is 9.90 Å². The van der Waals surface area contributed by atoms with Crippen LogP contribution >= 0.6 is 12.4 Å². The number of amides is 1. The zero-order valence-electron chi connectivity index (χ0n) is 12.3. The summed E-state index contributed by atoms with van der Waals surface area (Å²) in [5.41, 5.74) is 5.87. The first-order valence-electron chi connectivity index (χ1n) is 6.64. The number of nitrogens with two attached hydrogens (primary N) is 1. The van der Waals surface area contributed by atoms with Crippen LogP contribution in [-0.2, 0) is 11.8 Å². The van der Waals surface area contributed by atoms with E-state index in [0.717, 1.165) is 0 Å². The van der Waals surface area contributed by atoms with Gasteiger partial charge in [0.25, 0.3) is 0 Å². The molecule has 0 aliphatic carbocycles. The molecule has 0 fully saturated rings. The number of aryl methyl sites for hydroxylation is 1. The van der Waals surface area contributed by atoms with Gasteiger partial charge in [0.05, 0.1) is 17.7 Å². The Morgan fingerprint density at radius 1 is 1.55 bits per heavy atom. The van der Waals surface area contributed by atoms with Crippen molar-refractivity contribution in [3.8, 4) is 0 Å². The highest BCUT2D eigenvalue weighted by Gasteiger charge is 2.33. The summed E-state index contributed by atoms with van der Waals surface area (Å²) in [6.45, 7) is 4.39. The van der Waals surface area contributed by atoms with E-state index in [1.807, 2.05) is 13.8 Å². The second kappa shape index (κ2) is 8.24. The van der Waals surface area contributed by atoms with Gasteiger partial charge in [-0.05, 0) is 12.8 Å². The Morgan fingerprint density at radius 2 is 2.15 bits per heavy atom. The third-order valence-electron chi connectivity index (χ3n) is 3.79. The van der Waals surface area contributed by atoms with E-state index in [1.54, 1.807) is 24.1 Å². The van der Waals surface area contributed by atoms with Crippen LogP contribution in [0.25, 0.3) is 0 Å². The lowest BCUT2D eigenvalue weighted by molar-refractivity contribution is -0.131. The molecular weight excluding hydrogens is 280 g/mol. The van der Waals surface area contributed by atoms with Crippen molar-refractivity contribution in [2.75, 3.05) is 13.1 Å². The molecule has 0 spiro atoms. The molecule has 0 bridgehead atoms. The monoisotopic (exact) mass is 304 g/mol. The predicted molar refractivity (Wildman–Crippen MR) is 80.5 cm³/mol. The van der Waals surface area contributed by atoms with Crippen molar-refractivity contribution in [1.29, 1.82) is 0 Å². The van der Waals surface area contributed by atoms with Crippen molar-refractivity contribution < 1.29 is 9.90 Å². The number of rotatable bonds is 7. The van der Waals surface area contributed by atoms with E-state index in [1.165, 1.54) is 0 Å². The molecule has 0 radical (unpaired) electrons. The molecule has 0 aliphatic heterocycles. The maximum Gasteiger partial charge on any atom is 0.227 e.